The molecule has 5 nitrogen and oxygen atoms in total. The van der Waals surface area contributed by atoms with Crippen LogP contribution < -0.4 is 0 Å². The Morgan fingerprint density at radius 3 is 2.05 bits per heavy atom. The Hall–Kier alpha value is -0.170. The van der Waals surface area contributed by atoms with E-state index >= 15 is 0 Å². The second kappa shape index (κ2) is 6.08. The molecule has 2 aliphatic heterocycles. The van der Waals surface area contributed by atoms with Gasteiger partial charge in [-0.3, -0.25) is 0 Å². The highest BCUT2D eigenvalue weighted by atomic mass is 32.2. The van der Waals surface area contributed by atoms with Crippen molar-refractivity contribution in [2.24, 2.45) is 17.8 Å². The van der Waals surface area contributed by atoms with Crippen LogP contribution in [0.1, 0.15) is 33.1 Å². The third-order valence-corrected chi connectivity index (χ3v) is 6.29. The third-order valence-electron chi connectivity index (χ3n) is 4.32. The highest BCUT2D eigenvalue weighted by Gasteiger charge is 2.36. The molecule has 19 heavy (non-hydrogen) atoms. The van der Waals surface area contributed by atoms with Gasteiger partial charge in [0.1, 0.15) is 0 Å². The van der Waals surface area contributed by atoms with Crippen molar-refractivity contribution in [2.45, 2.75) is 33.1 Å². The Labute approximate surface area is 116 Å². The van der Waals surface area contributed by atoms with E-state index in [-0.39, 0.29) is 12.5 Å². The summed E-state index contributed by atoms with van der Waals surface area (Å²) in [6, 6.07) is 0. The normalized spacial score (nSPS) is 32.6. The molecule has 0 bridgehead atoms. The Morgan fingerprint density at radius 1 is 1.05 bits per heavy atom. The lowest BCUT2D eigenvalue weighted by molar-refractivity contribution is 0.158. The summed E-state index contributed by atoms with van der Waals surface area (Å²) in [5.74, 6) is 1.15. The minimum atomic E-state index is -3.30. The van der Waals surface area contributed by atoms with E-state index in [4.69, 9.17) is 5.11 Å². The number of hydrogen-bond acceptors (Lipinski definition) is 3. The maximum atomic E-state index is 12.6. The summed E-state index contributed by atoms with van der Waals surface area (Å²) < 4.78 is 28.5. The molecule has 2 aliphatic rings. The summed E-state index contributed by atoms with van der Waals surface area (Å²) in [4.78, 5) is 0. The topological polar surface area (TPSA) is 60.9 Å². The van der Waals surface area contributed by atoms with Crippen LogP contribution in [0.25, 0.3) is 0 Å². The van der Waals surface area contributed by atoms with E-state index in [1.807, 2.05) is 0 Å². The Kier molecular flexibility index (Phi) is 4.87. The van der Waals surface area contributed by atoms with Gasteiger partial charge in [-0.05, 0) is 37.0 Å². The number of hydrogen-bond donors (Lipinski definition) is 1. The van der Waals surface area contributed by atoms with Gasteiger partial charge in [0.05, 0.1) is 0 Å². The van der Waals surface area contributed by atoms with Crippen molar-refractivity contribution in [3.63, 3.8) is 0 Å². The van der Waals surface area contributed by atoms with Gasteiger partial charge < -0.3 is 5.11 Å². The molecule has 0 aliphatic carbocycles. The van der Waals surface area contributed by atoms with Crippen LogP contribution in [0, 0.1) is 17.8 Å². The molecule has 0 spiro atoms. The molecule has 0 aromatic heterocycles. The summed E-state index contributed by atoms with van der Waals surface area (Å²) >= 11 is 0. The van der Waals surface area contributed by atoms with Crippen LogP contribution >= 0.6 is 0 Å². The molecule has 2 atom stereocenters. The van der Waals surface area contributed by atoms with Crippen LogP contribution in [-0.2, 0) is 10.2 Å². The van der Waals surface area contributed by atoms with Crippen molar-refractivity contribution in [3.05, 3.63) is 0 Å². The molecule has 2 fully saturated rings. The van der Waals surface area contributed by atoms with Gasteiger partial charge in [-0.2, -0.15) is 17.0 Å². The first kappa shape index (κ1) is 15.2. The van der Waals surface area contributed by atoms with Crippen molar-refractivity contribution in [2.75, 3.05) is 32.8 Å². The molecule has 6 heteroatoms. The molecule has 0 aromatic rings. The number of piperidine rings is 2. The lowest BCUT2D eigenvalue weighted by Crippen LogP contribution is -2.51. The van der Waals surface area contributed by atoms with Crippen LogP contribution in [0.3, 0.4) is 0 Å². The summed E-state index contributed by atoms with van der Waals surface area (Å²) in [6.07, 6.45) is 2.65. The maximum Gasteiger partial charge on any atom is 0.281 e. The summed E-state index contributed by atoms with van der Waals surface area (Å²) in [5, 5.41) is 9.12. The zero-order valence-electron chi connectivity index (χ0n) is 12.0. The van der Waals surface area contributed by atoms with Gasteiger partial charge in [-0.1, -0.05) is 13.8 Å². The smallest absolute Gasteiger partial charge is 0.281 e. The maximum absolute atomic E-state index is 12.6. The molecule has 1 N–H and O–H groups in total. The standard InChI is InChI=1S/C13H26N2O3S/c1-11-7-12(2)9-15(8-11)19(17,18)14-5-3-13(10-16)4-6-14/h11-13,16H,3-10H2,1-2H3. The van der Waals surface area contributed by atoms with Crippen LogP contribution in [0.15, 0.2) is 0 Å². The van der Waals surface area contributed by atoms with Crippen LogP contribution in [-0.4, -0.2) is 54.9 Å². The van der Waals surface area contributed by atoms with E-state index < -0.39 is 10.2 Å². The fourth-order valence-electron chi connectivity index (χ4n) is 3.28. The van der Waals surface area contributed by atoms with Crippen molar-refractivity contribution in [3.8, 4) is 0 Å². The average molecular weight is 290 g/mol. The van der Waals surface area contributed by atoms with Crippen molar-refractivity contribution in [1.82, 2.24) is 8.61 Å². The predicted octanol–water partition coefficient (Wildman–Crippen LogP) is 0.913. The molecule has 2 saturated heterocycles. The second-order valence-corrected chi connectivity index (χ2v) is 8.22. The van der Waals surface area contributed by atoms with E-state index in [0.29, 0.717) is 38.0 Å². The minimum Gasteiger partial charge on any atom is -0.396 e. The monoisotopic (exact) mass is 290 g/mol. The molecule has 2 rings (SSSR count). The van der Waals surface area contributed by atoms with Crippen LogP contribution in [0.2, 0.25) is 0 Å². The van der Waals surface area contributed by atoms with Gasteiger partial charge in [0, 0.05) is 32.8 Å². The van der Waals surface area contributed by atoms with Gasteiger partial charge in [0.25, 0.3) is 10.2 Å². The number of aliphatic hydroxyl groups excluding tert-OH is 1. The zero-order chi connectivity index (χ0) is 14.0. The largest absolute Gasteiger partial charge is 0.396 e. The van der Waals surface area contributed by atoms with Gasteiger partial charge >= 0.3 is 0 Å². The van der Waals surface area contributed by atoms with E-state index in [0.717, 1.165) is 19.3 Å². The fraction of sp³-hybridized carbons (Fsp3) is 1.00. The quantitative estimate of drug-likeness (QED) is 0.840. The molecule has 2 heterocycles. The molecular weight excluding hydrogens is 264 g/mol. The lowest BCUT2D eigenvalue weighted by atomic mass is 9.94. The molecule has 0 saturated carbocycles. The predicted molar refractivity (Wildman–Crippen MR) is 74.8 cm³/mol. The fourth-order valence-corrected chi connectivity index (χ4v) is 5.16. The van der Waals surface area contributed by atoms with Gasteiger partial charge in [0.15, 0.2) is 0 Å². The van der Waals surface area contributed by atoms with E-state index in [1.165, 1.54) is 0 Å². The molecule has 0 aromatic carbocycles. The van der Waals surface area contributed by atoms with E-state index in [9.17, 15) is 8.42 Å². The number of aliphatic hydroxyl groups is 1. The SMILES string of the molecule is CC1CC(C)CN(S(=O)(=O)N2CCC(CO)CC2)C1. The molecule has 0 radical (unpaired) electrons. The van der Waals surface area contributed by atoms with Gasteiger partial charge in [-0.15, -0.1) is 0 Å². The van der Waals surface area contributed by atoms with Gasteiger partial charge in [-0.25, -0.2) is 0 Å². The molecule has 0 amide bonds. The first-order valence-corrected chi connectivity index (χ1v) is 8.69. The van der Waals surface area contributed by atoms with Gasteiger partial charge in [0.2, 0.25) is 0 Å². The van der Waals surface area contributed by atoms with Crippen molar-refractivity contribution in [1.29, 1.82) is 0 Å². The highest BCUT2D eigenvalue weighted by molar-refractivity contribution is 7.86. The first-order valence-electron chi connectivity index (χ1n) is 7.29. The summed E-state index contributed by atoms with van der Waals surface area (Å²) in [5.41, 5.74) is 0. The summed E-state index contributed by atoms with van der Waals surface area (Å²) in [7, 11) is -3.30. The van der Waals surface area contributed by atoms with Crippen LogP contribution in [0.5, 0.6) is 0 Å². The Bertz CT molecular complexity index is 381. The van der Waals surface area contributed by atoms with E-state index in [2.05, 4.69) is 13.8 Å². The third kappa shape index (κ3) is 3.48. The first-order chi connectivity index (χ1) is 8.93. The van der Waals surface area contributed by atoms with E-state index in [1.54, 1.807) is 8.61 Å². The molecule has 2 unspecified atom stereocenters. The highest BCUT2D eigenvalue weighted by Crippen LogP contribution is 2.27. The Balaban J connectivity index is 2.02. The second-order valence-electron chi connectivity index (χ2n) is 6.30. The average Bonchev–Trinajstić information content (AvgIpc) is 2.37. The number of nitrogens with zero attached hydrogens (tertiary/aromatic N) is 2. The number of rotatable bonds is 3. The minimum absolute atomic E-state index is 0.172. The summed E-state index contributed by atoms with van der Waals surface area (Å²) in [6.45, 7) is 6.80. The lowest BCUT2D eigenvalue weighted by Gasteiger charge is -2.39. The van der Waals surface area contributed by atoms with Crippen molar-refractivity contribution < 1.29 is 13.5 Å². The zero-order valence-corrected chi connectivity index (χ0v) is 12.8. The molecule has 112 valence electrons. The molecular formula is C13H26N2O3S. The van der Waals surface area contributed by atoms with Crippen LogP contribution in [0.4, 0.5) is 0 Å². The Morgan fingerprint density at radius 2 is 1.58 bits per heavy atom. The van der Waals surface area contributed by atoms with Crippen molar-refractivity contribution >= 4 is 10.2 Å².